The summed E-state index contributed by atoms with van der Waals surface area (Å²) in [6.07, 6.45) is 69.1. The van der Waals surface area contributed by atoms with E-state index in [1.54, 1.807) is 16.7 Å². The fraction of sp³-hybridized carbons (Fsp3) is 0.895. The average Bonchev–Trinajstić information content (AvgIpc) is 3.22. The van der Waals surface area contributed by atoms with Gasteiger partial charge in [0.15, 0.2) is 0 Å². The zero-order valence-corrected chi connectivity index (χ0v) is 40.1. The van der Waals surface area contributed by atoms with Crippen LogP contribution in [0.2, 0.25) is 0 Å². The third-order valence-corrected chi connectivity index (χ3v) is 13.4. The van der Waals surface area contributed by atoms with E-state index >= 15 is 0 Å². The Morgan fingerprint density at radius 2 is 0.404 bits per heavy atom. The summed E-state index contributed by atoms with van der Waals surface area (Å²) in [6.45, 7) is 6.95. The molecule has 0 saturated heterocycles. The average molecular weight is 792 g/mol. The monoisotopic (exact) mass is 792 g/mol. The predicted molar refractivity (Wildman–Crippen MR) is 261 cm³/mol. The van der Waals surface area contributed by atoms with E-state index < -0.39 is 0 Å². The summed E-state index contributed by atoms with van der Waals surface area (Å²) in [6, 6.07) is 8.41. The van der Waals surface area contributed by atoms with Crippen molar-refractivity contribution < 1.29 is 0 Å². The molecule has 0 aromatic heterocycles. The molecule has 0 atom stereocenters. The van der Waals surface area contributed by atoms with Crippen LogP contribution in [0.5, 0.6) is 0 Å². The second kappa shape index (κ2) is 46.3. The topological polar surface area (TPSA) is 0 Å². The molecular weight excluding hydrogens is 685 g/mol. The summed E-state index contributed by atoms with van der Waals surface area (Å²) in [5.74, 6) is 0. The van der Waals surface area contributed by atoms with Crippen LogP contribution in [0.4, 0.5) is 0 Å². The maximum Gasteiger partial charge on any atom is -0.0178 e. The summed E-state index contributed by atoms with van der Waals surface area (Å²) in [5.41, 5.74) is 5.07. The number of aryl methyl sites for hydroxylation is 2. The Morgan fingerprint density at radius 3 is 0.614 bits per heavy atom. The highest BCUT2D eigenvalue weighted by atomic mass is 14.1. The molecule has 0 bridgehead atoms. The quantitative estimate of drug-likeness (QED) is 0.0577. The molecule has 0 saturated carbocycles. The molecule has 0 aliphatic heterocycles. The SMILES string of the molecule is CCCCCCCCCCCCCCCCCc1c[c]cc(CCCCCCCCCCCCCCCCC)c1CCCCCCCCCCCCCCCCC. The molecule has 0 aliphatic carbocycles. The number of hydrogen-bond acceptors (Lipinski definition) is 0. The van der Waals surface area contributed by atoms with Crippen molar-refractivity contribution in [2.75, 3.05) is 0 Å². The van der Waals surface area contributed by atoms with Gasteiger partial charge in [0.1, 0.15) is 0 Å². The van der Waals surface area contributed by atoms with Crippen molar-refractivity contribution in [3.63, 3.8) is 0 Å². The lowest BCUT2D eigenvalue weighted by molar-refractivity contribution is 0.530. The molecule has 0 N–H and O–H groups in total. The molecule has 335 valence electrons. The second-order valence-electron chi connectivity index (χ2n) is 19.1. The van der Waals surface area contributed by atoms with E-state index in [1.165, 1.54) is 308 Å². The normalized spacial score (nSPS) is 11.6. The van der Waals surface area contributed by atoms with Gasteiger partial charge >= 0.3 is 0 Å². The first-order chi connectivity index (χ1) is 28.3. The van der Waals surface area contributed by atoms with E-state index in [1.807, 2.05) is 0 Å². The Bertz CT molecular complexity index is 830. The minimum absolute atomic E-state index is 1.29. The summed E-state index contributed by atoms with van der Waals surface area (Å²) in [7, 11) is 0. The summed E-state index contributed by atoms with van der Waals surface area (Å²) >= 11 is 0. The highest BCUT2D eigenvalue weighted by Crippen LogP contribution is 2.24. The van der Waals surface area contributed by atoms with Crippen LogP contribution in [0.3, 0.4) is 0 Å². The largest absolute Gasteiger partial charge is 0.0654 e. The van der Waals surface area contributed by atoms with Gasteiger partial charge in [-0.1, -0.05) is 303 Å². The molecule has 0 heteroatoms. The molecule has 1 aromatic carbocycles. The molecule has 0 nitrogen and oxygen atoms in total. The van der Waals surface area contributed by atoms with Crippen molar-refractivity contribution in [2.45, 2.75) is 329 Å². The van der Waals surface area contributed by atoms with Gasteiger partial charge in [0, 0.05) is 0 Å². The second-order valence-corrected chi connectivity index (χ2v) is 19.1. The smallest absolute Gasteiger partial charge is 0.0178 e. The van der Waals surface area contributed by atoms with Gasteiger partial charge in [-0.25, -0.2) is 0 Å². The highest BCUT2D eigenvalue weighted by molar-refractivity contribution is 5.35. The van der Waals surface area contributed by atoms with Crippen LogP contribution in [0.25, 0.3) is 0 Å². The summed E-state index contributed by atoms with van der Waals surface area (Å²) < 4.78 is 0. The van der Waals surface area contributed by atoms with Crippen molar-refractivity contribution in [1.82, 2.24) is 0 Å². The molecule has 0 aliphatic rings. The molecule has 1 rings (SSSR count). The zero-order valence-electron chi connectivity index (χ0n) is 40.1. The lowest BCUT2D eigenvalue weighted by atomic mass is 9.90. The Kier molecular flexibility index (Phi) is 44.0. The first-order valence-electron chi connectivity index (χ1n) is 27.3. The third kappa shape index (κ3) is 37.9. The Hall–Kier alpha value is -0.780. The first-order valence-corrected chi connectivity index (χ1v) is 27.3. The molecule has 57 heavy (non-hydrogen) atoms. The number of unbranched alkanes of at least 4 members (excludes halogenated alkanes) is 42. The van der Waals surface area contributed by atoms with Crippen molar-refractivity contribution in [3.8, 4) is 0 Å². The minimum Gasteiger partial charge on any atom is -0.0654 e. The minimum atomic E-state index is 1.29. The van der Waals surface area contributed by atoms with Crippen LogP contribution in [0, 0.1) is 6.07 Å². The van der Waals surface area contributed by atoms with Crippen LogP contribution < -0.4 is 0 Å². The van der Waals surface area contributed by atoms with Crippen molar-refractivity contribution >= 4 is 0 Å². The van der Waals surface area contributed by atoms with E-state index in [4.69, 9.17) is 0 Å². The van der Waals surface area contributed by atoms with E-state index in [0.29, 0.717) is 0 Å². The van der Waals surface area contributed by atoms with Crippen LogP contribution in [0.1, 0.15) is 326 Å². The summed E-state index contributed by atoms with van der Waals surface area (Å²) in [4.78, 5) is 0. The van der Waals surface area contributed by atoms with E-state index in [2.05, 4.69) is 39.0 Å². The van der Waals surface area contributed by atoms with Crippen molar-refractivity contribution in [3.05, 3.63) is 34.9 Å². The molecule has 0 spiro atoms. The Balaban J connectivity index is 2.32. The predicted octanol–water partition coefficient (Wildman–Crippen LogP) is 20.7. The Morgan fingerprint density at radius 1 is 0.228 bits per heavy atom. The standard InChI is InChI=1S/C57H107/c1-4-7-10-13-16-19-22-25-28-31-34-37-40-43-46-50-55-52-49-53-56(51-47-44-41-38-35-32-29-26-23-20-17-14-11-8-5-2)57(55)54-48-45-42-39-36-33-30-27-24-21-18-15-12-9-6-3/h52-53H,4-48,50-51,54H2,1-3H3. The maximum absolute atomic E-state index is 3.63. The zero-order chi connectivity index (χ0) is 40.8. The fourth-order valence-electron chi connectivity index (χ4n) is 9.44. The molecule has 1 aromatic rings. The van der Waals surface area contributed by atoms with Crippen LogP contribution >= 0.6 is 0 Å². The molecular formula is C57H107. The third-order valence-electron chi connectivity index (χ3n) is 13.4. The van der Waals surface area contributed by atoms with Gasteiger partial charge in [0.05, 0.1) is 0 Å². The lowest BCUT2D eigenvalue weighted by Gasteiger charge is -2.15. The molecule has 0 fully saturated rings. The first kappa shape index (κ1) is 54.2. The molecule has 0 unspecified atom stereocenters. The van der Waals surface area contributed by atoms with E-state index in [9.17, 15) is 0 Å². The van der Waals surface area contributed by atoms with Gasteiger partial charge in [-0.05, 0) is 61.3 Å². The molecule has 0 amide bonds. The van der Waals surface area contributed by atoms with Crippen LogP contribution in [0.15, 0.2) is 12.1 Å². The van der Waals surface area contributed by atoms with E-state index in [-0.39, 0.29) is 0 Å². The van der Waals surface area contributed by atoms with Crippen LogP contribution in [-0.2, 0) is 19.3 Å². The van der Waals surface area contributed by atoms with Crippen molar-refractivity contribution in [1.29, 1.82) is 0 Å². The van der Waals surface area contributed by atoms with Crippen molar-refractivity contribution in [2.24, 2.45) is 0 Å². The fourth-order valence-corrected chi connectivity index (χ4v) is 9.44. The van der Waals surface area contributed by atoms with Gasteiger partial charge in [0.2, 0.25) is 0 Å². The number of rotatable bonds is 48. The van der Waals surface area contributed by atoms with Gasteiger partial charge < -0.3 is 0 Å². The summed E-state index contributed by atoms with van der Waals surface area (Å²) in [5, 5.41) is 0. The van der Waals surface area contributed by atoms with Gasteiger partial charge in [-0.15, -0.1) is 0 Å². The number of benzene rings is 1. The molecule has 1 radical (unpaired) electrons. The van der Waals surface area contributed by atoms with Crippen LogP contribution in [-0.4, -0.2) is 0 Å². The van der Waals surface area contributed by atoms with Gasteiger partial charge in [0.25, 0.3) is 0 Å². The number of hydrogen-bond donors (Lipinski definition) is 0. The van der Waals surface area contributed by atoms with E-state index in [0.717, 1.165) is 0 Å². The van der Waals surface area contributed by atoms with Gasteiger partial charge in [-0.2, -0.15) is 0 Å². The highest BCUT2D eigenvalue weighted by Gasteiger charge is 2.09. The molecule has 0 heterocycles. The Labute approximate surface area is 362 Å². The lowest BCUT2D eigenvalue weighted by Crippen LogP contribution is -2.02. The van der Waals surface area contributed by atoms with Gasteiger partial charge in [-0.3, -0.25) is 0 Å². The maximum atomic E-state index is 3.63.